The number of allylic oxidation sites excluding steroid dienone is 1. The number of amides is 6. The predicted molar refractivity (Wildman–Crippen MR) is 480 cm³/mol. The fourth-order valence-corrected chi connectivity index (χ4v) is 14.2. The number of benzene rings is 8. The summed E-state index contributed by atoms with van der Waals surface area (Å²) < 4.78 is 1.79. The molecule has 0 aliphatic rings. The van der Waals surface area contributed by atoms with Crippen molar-refractivity contribution < 1.29 is 28.8 Å². The monoisotopic (exact) mass is 1650 g/mol. The van der Waals surface area contributed by atoms with Crippen LogP contribution in [0, 0.1) is 0 Å². The molecule has 13 rings (SSSR count). The first-order valence-electron chi connectivity index (χ1n) is 41.8. The second kappa shape index (κ2) is 42.1. The molecule has 0 atom stereocenters. The van der Waals surface area contributed by atoms with E-state index in [0.717, 1.165) is 164 Å². The molecule has 14 N–H and O–H groups in total. The minimum absolute atomic E-state index is 0.0831. The van der Waals surface area contributed by atoms with Crippen LogP contribution in [-0.2, 0) is 22.6 Å². The zero-order chi connectivity index (χ0) is 85.4. The number of aromatic amines is 4. The van der Waals surface area contributed by atoms with Crippen molar-refractivity contribution in [2.45, 2.75) is 70.8 Å². The number of nitrogens with one attached hydrogen (secondary N) is 10. The molecule has 0 spiro atoms. The normalized spacial score (nSPS) is 11.8. The number of nitrogens with two attached hydrogens (primary N) is 2. The Balaban J connectivity index is 0.426. The molecule has 634 valence electrons. The lowest BCUT2D eigenvalue weighted by atomic mass is 10.0. The molecule has 0 saturated heterocycles. The van der Waals surface area contributed by atoms with Gasteiger partial charge in [-0.1, -0.05) is 78.0 Å². The van der Waals surface area contributed by atoms with Crippen LogP contribution in [0.3, 0.4) is 0 Å². The highest BCUT2D eigenvalue weighted by atomic mass is 16.2. The lowest BCUT2D eigenvalue weighted by Gasteiger charge is -2.17. The molecule has 0 aliphatic heterocycles. The average molecular weight is 1650 g/mol. The van der Waals surface area contributed by atoms with Gasteiger partial charge >= 0.3 is 0 Å². The third-order valence-electron chi connectivity index (χ3n) is 21.3. The summed E-state index contributed by atoms with van der Waals surface area (Å²) in [4.78, 5) is 118. The minimum atomic E-state index is -0.201. The molecular weight excluding hydrogens is 1540 g/mol. The van der Waals surface area contributed by atoms with E-state index in [1.54, 1.807) is 10.9 Å². The van der Waals surface area contributed by atoms with E-state index in [9.17, 15) is 28.8 Å². The summed E-state index contributed by atoms with van der Waals surface area (Å²) in [6.07, 6.45) is 10.3. The number of hydrogen-bond donors (Lipinski definition) is 12. The fraction of sp³-hybridized carbons (Fsp3) is 0.326. The Bertz CT molecular complexity index is 5750. The SMILES string of the molecule is CN(C)CCNC(=O)c1ccc(-c2nc3cc(-c4ccc5[nH]c(-c6ccc(C(=O)NCCN(C)CCCC/C(N)=C/N(N)CCCNC(=O)CCC(=O)NCCCn7cc(CCCCN(C)CCNC(=O)c8ccc(-c9nc%10cc(-c%11ccc%12[nH]c(-c%13ccc(C(=O)NCCN(C)C)cc%13)nc%12c%11)ccc%10[nH]9)cc8)nn7)cc6)nc5c4)ccc3[nH]2)cc1. The highest BCUT2D eigenvalue weighted by Gasteiger charge is 2.19. The molecule has 0 fully saturated rings. The van der Waals surface area contributed by atoms with Crippen molar-refractivity contribution in [3.8, 4) is 67.8 Å². The van der Waals surface area contributed by atoms with Gasteiger partial charge in [0.05, 0.1) is 49.8 Å². The topological polar surface area (TPSA) is 388 Å². The first-order chi connectivity index (χ1) is 59.1. The zero-order valence-corrected chi connectivity index (χ0v) is 70.3. The maximum absolute atomic E-state index is 13.2. The summed E-state index contributed by atoms with van der Waals surface area (Å²) in [6, 6.07) is 54.4. The van der Waals surface area contributed by atoms with E-state index < -0.39 is 0 Å². The number of hydrazine groups is 1. The number of H-pyrrole nitrogens is 4. The van der Waals surface area contributed by atoms with Crippen molar-refractivity contribution in [3.63, 3.8) is 0 Å². The Kier molecular flexibility index (Phi) is 29.9. The van der Waals surface area contributed by atoms with Crippen molar-refractivity contribution >= 4 is 79.6 Å². The molecular formula is C92H110N24O6. The number of likely N-dealkylation sites (N-methyl/N-ethyl adjacent to an activating group) is 4. The number of imidazole rings is 4. The highest BCUT2D eigenvalue weighted by Crippen LogP contribution is 2.33. The second-order valence-corrected chi connectivity index (χ2v) is 31.6. The first-order valence-corrected chi connectivity index (χ1v) is 41.8. The van der Waals surface area contributed by atoms with Crippen LogP contribution >= 0.6 is 0 Å². The number of fused-ring (bicyclic) bond motifs is 4. The van der Waals surface area contributed by atoms with Crippen LogP contribution in [0.25, 0.3) is 112 Å². The van der Waals surface area contributed by atoms with Gasteiger partial charge < -0.3 is 82.2 Å². The molecule has 5 aromatic heterocycles. The molecule has 8 aromatic carbocycles. The van der Waals surface area contributed by atoms with Gasteiger partial charge in [-0.15, -0.1) is 5.10 Å². The summed E-state index contributed by atoms with van der Waals surface area (Å²) in [6.45, 7) is 8.73. The van der Waals surface area contributed by atoms with Gasteiger partial charge in [-0.25, -0.2) is 25.8 Å². The average Bonchev–Trinajstić information content (AvgIpc) is 1.64. The predicted octanol–water partition coefficient (Wildman–Crippen LogP) is 10.4. The van der Waals surface area contributed by atoms with Crippen molar-refractivity contribution in [3.05, 3.63) is 216 Å². The summed E-state index contributed by atoms with van der Waals surface area (Å²) in [5, 5.41) is 27.9. The summed E-state index contributed by atoms with van der Waals surface area (Å²) in [5.74, 6) is 8.19. The standard InChI is InChI=1S/C92H110N24O6/c1-111(2)51-43-97-89(119)65-23-15-61(16-24-65)85-101-75-35-31-69(55-79(75)105-85)71-33-37-77-81(57-71)107-87(103-77)63-19-27-67(28-20-63)91(121)99-45-53-113(5)47-9-7-13-73(93)59-115(94)49-11-41-95-83(117)39-40-84(118)96-42-12-50-116-60-74(109-110-116)14-8-10-48-114(6)54-46-100-92(122)68-29-21-64(22-30-68)88-104-78-38-34-72(58-82(78)108-88)70-32-36-76-80(56-70)106-86(102-76)62-17-25-66(26-18-62)90(120)98-44-52-112(3)4/h15-38,55-60H,7-14,39-54,93-94H2,1-6H3,(H,95,117)(H,96,118)(H,97,119)(H,98,120)(H,99,121)(H,100,122)(H,101,105)(H,102,106)(H,103,107)(H,104,108)/b73-59-. The van der Waals surface area contributed by atoms with Gasteiger partial charge in [0, 0.05) is 154 Å². The van der Waals surface area contributed by atoms with Crippen LogP contribution < -0.4 is 43.5 Å². The summed E-state index contributed by atoms with van der Waals surface area (Å²) in [7, 11) is 12.0. The molecule has 30 nitrogen and oxygen atoms in total. The van der Waals surface area contributed by atoms with E-state index in [1.807, 2.05) is 180 Å². The van der Waals surface area contributed by atoms with Crippen LogP contribution in [-0.4, -0.2) is 242 Å². The third kappa shape index (κ3) is 24.5. The second-order valence-electron chi connectivity index (χ2n) is 31.6. The van der Waals surface area contributed by atoms with Crippen LogP contribution in [0.15, 0.2) is 188 Å². The first kappa shape index (κ1) is 86.6. The molecule has 30 heteroatoms. The molecule has 0 bridgehead atoms. The van der Waals surface area contributed by atoms with Gasteiger partial charge in [0.2, 0.25) is 11.8 Å². The van der Waals surface area contributed by atoms with E-state index in [1.165, 1.54) is 5.01 Å². The van der Waals surface area contributed by atoms with Crippen LogP contribution in [0.1, 0.15) is 105 Å². The number of hydrogen-bond acceptors (Lipinski definition) is 19. The molecule has 5 heterocycles. The molecule has 122 heavy (non-hydrogen) atoms. The Morgan fingerprint density at radius 1 is 0.369 bits per heavy atom. The largest absolute Gasteiger partial charge is 0.401 e. The van der Waals surface area contributed by atoms with Gasteiger partial charge in [-0.05, 0) is 226 Å². The molecule has 0 aliphatic carbocycles. The number of rotatable bonds is 44. The van der Waals surface area contributed by atoms with E-state index >= 15 is 0 Å². The lowest BCUT2D eigenvalue weighted by molar-refractivity contribution is -0.126. The molecule has 0 radical (unpaired) electrons. The highest BCUT2D eigenvalue weighted by molar-refractivity contribution is 5.98. The maximum atomic E-state index is 13.2. The number of aromatic nitrogens is 11. The van der Waals surface area contributed by atoms with E-state index in [2.05, 4.69) is 120 Å². The van der Waals surface area contributed by atoms with Gasteiger partial charge in [0.25, 0.3) is 23.6 Å². The van der Waals surface area contributed by atoms with Crippen LogP contribution in [0.2, 0.25) is 0 Å². The Morgan fingerprint density at radius 3 is 1.07 bits per heavy atom. The number of unbranched alkanes of at least 4 members (excludes halogenated alkanes) is 2. The zero-order valence-electron chi connectivity index (χ0n) is 70.3. The van der Waals surface area contributed by atoms with Crippen LogP contribution in [0.5, 0.6) is 0 Å². The Hall–Kier alpha value is -13.3. The summed E-state index contributed by atoms with van der Waals surface area (Å²) >= 11 is 0. The summed E-state index contributed by atoms with van der Waals surface area (Å²) in [5.41, 5.74) is 24.7. The number of nitrogens with zero attached hydrogens (tertiary/aromatic N) is 12. The third-order valence-corrected chi connectivity index (χ3v) is 21.3. The van der Waals surface area contributed by atoms with Crippen molar-refractivity contribution in [1.29, 1.82) is 0 Å². The van der Waals surface area contributed by atoms with E-state index in [4.69, 9.17) is 31.5 Å². The minimum Gasteiger partial charge on any atom is -0.401 e. The van der Waals surface area contributed by atoms with Crippen molar-refractivity contribution in [2.24, 2.45) is 11.6 Å². The fourth-order valence-electron chi connectivity index (χ4n) is 14.2. The van der Waals surface area contributed by atoms with Crippen molar-refractivity contribution in [1.82, 2.24) is 111 Å². The smallest absolute Gasteiger partial charge is 0.251 e. The van der Waals surface area contributed by atoms with E-state index in [-0.39, 0.29) is 48.3 Å². The lowest BCUT2D eigenvalue weighted by Crippen LogP contribution is -2.33. The van der Waals surface area contributed by atoms with Crippen molar-refractivity contribution in [2.75, 3.05) is 127 Å². The maximum Gasteiger partial charge on any atom is 0.251 e. The number of carbonyl (C=O) groups excluding carboxylic acids is 6. The quantitative estimate of drug-likeness (QED) is 0.00959. The number of carbonyl (C=O) groups is 6. The Morgan fingerprint density at radius 2 is 0.705 bits per heavy atom. The van der Waals surface area contributed by atoms with Gasteiger partial charge in [-0.3, -0.25) is 33.4 Å². The molecule has 13 aromatic rings. The van der Waals surface area contributed by atoms with E-state index in [0.29, 0.717) is 124 Å². The Labute approximate surface area is 709 Å². The molecule has 0 unspecified atom stereocenters. The molecule has 6 amide bonds. The number of aryl methyl sites for hydroxylation is 2. The van der Waals surface area contributed by atoms with Gasteiger partial charge in [-0.2, -0.15) is 0 Å². The molecule has 0 saturated carbocycles. The van der Waals surface area contributed by atoms with Gasteiger partial charge in [0.15, 0.2) is 0 Å². The van der Waals surface area contributed by atoms with Crippen LogP contribution in [0.4, 0.5) is 0 Å². The van der Waals surface area contributed by atoms with Gasteiger partial charge in [0.1, 0.15) is 23.3 Å².